The average Bonchev–Trinajstić information content (AvgIpc) is 3.42. The number of thioether (sulfide) groups is 1. The Bertz CT molecular complexity index is 1610. The average molecular weight is 540 g/mol. The summed E-state index contributed by atoms with van der Waals surface area (Å²) in [6.07, 6.45) is 4.01. The summed E-state index contributed by atoms with van der Waals surface area (Å²) < 4.78 is 7.82. The largest absolute Gasteiger partial charge is 0.439 e. The number of amidine groups is 1. The number of aromatic nitrogens is 2. The van der Waals surface area contributed by atoms with Gasteiger partial charge < -0.3 is 14.6 Å². The van der Waals surface area contributed by atoms with Crippen molar-refractivity contribution >= 4 is 40.3 Å². The smallest absolute Gasteiger partial charge is 0.287 e. The van der Waals surface area contributed by atoms with Crippen LogP contribution in [0.3, 0.4) is 0 Å². The van der Waals surface area contributed by atoms with E-state index < -0.39 is 4.92 Å². The van der Waals surface area contributed by atoms with Gasteiger partial charge in [0, 0.05) is 29.2 Å². The van der Waals surface area contributed by atoms with E-state index in [1.807, 2.05) is 74.5 Å². The second kappa shape index (κ2) is 11.0. The summed E-state index contributed by atoms with van der Waals surface area (Å²) in [5, 5.41) is 14.2. The van der Waals surface area contributed by atoms with Gasteiger partial charge in [-0.1, -0.05) is 19.1 Å². The van der Waals surface area contributed by atoms with Crippen LogP contribution in [0.2, 0.25) is 0 Å². The van der Waals surface area contributed by atoms with Crippen LogP contribution in [0, 0.1) is 24.0 Å². The zero-order chi connectivity index (χ0) is 27.5. The zero-order valence-electron chi connectivity index (χ0n) is 21.5. The first kappa shape index (κ1) is 25.9. The minimum atomic E-state index is -0.506. The molecule has 5 rings (SSSR count). The molecule has 0 spiro atoms. The van der Waals surface area contributed by atoms with Crippen molar-refractivity contribution in [3.05, 3.63) is 110 Å². The molecular formula is C29H25N5O4S. The topological polar surface area (TPSA) is 112 Å². The number of hydrogen-bond donors (Lipinski definition) is 1. The lowest BCUT2D eigenvalue weighted by atomic mass is 10.2. The monoisotopic (exact) mass is 539 g/mol. The summed E-state index contributed by atoms with van der Waals surface area (Å²) in [6, 6.07) is 20.3. The number of carbonyl (C=O) groups excluding carboxylic acids is 1. The molecule has 9 nitrogen and oxygen atoms in total. The summed E-state index contributed by atoms with van der Waals surface area (Å²) in [7, 11) is 0. The molecule has 10 heteroatoms. The van der Waals surface area contributed by atoms with E-state index in [2.05, 4.69) is 26.8 Å². The second-order valence-electron chi connectivity index (χ2n) is 8.87. The fourth-order valence-electron chi connectivity index (χ4n) is 4.20. The highest BCUT2D eigenvalue weighted by molar-refractivity contribution is 8.18. The van der Waals surface area contributed by atoms with Crippen LogP contribution < -0.4 is 10.1 Å². The Morgan fingerprint density at radius 3 is 2.49 bits per heavy atom. The van der Waals surface area contributed by atoms with Crippen LogP contribution >= 0.6 is 11.8 Å². The number of nitrogens with one attached hydrogen (secondary N) is 1. The highest BCUT2D eigenvalue weighted by atomic mass is 32.2. The molecule has 1 amide bonds. The molecule has 1 fully saturated rings. The van der Waals surface area contributed by atoms with Crippen molar-refractivity contribution in [1.82, 2.24) is 14.9 Å². The molecule has 3 heterocycles. The summed E-state index contributed by atoms with van der Waals surface area (Å²) in [5.74, 6) is 0.652. The van der Waals surface area contributed by atoms with Crippen LogP contribution in [0.5, 0.6) is 11.6 Å². The van der Waals surface area contributed by atoms with E-state index >= 15 is 0 Å². The Hall–Kier alpha value is -4.70. The molecule has 2 aromatic carbocycles. The molecule has 4 aromatic rings. The number of pyridine rings is 1. The Labute approximate surface area is 229 Å². The van der Waals surface area contributed by atoms with Crippen LogP contribution in [-0.4, -0.2) is 25.5 Å². The molecule has 0 aliphatic carbocycles. The van der Waals surface area contributed by atoms with Gasteiger partial charge in [-0.25, -0.2) is 9.98 Å². The first-order chi connectivity index (χ1) is 18.8. The van der Waals surface area contributed by atoms with Crippen molar-refractivity contribution in [2.75, 3.05) is 0 Å². The molecular weight excluding hydrogens is 514 g/mol. The first-order valence-corrected chi connectivity index (χ1v) is 13.1. The summed E-state index contributed by atoms with van der Waals surface area (Å²) in [5.41, 5.74) is 5.81. The van der Waals surface area contributed by atoms with E-state index in [1.165, 1.54) is 29.5 Å². The number of aryl methyl sites for hydroxylation is 2. The van der Waals surface area contributed by atoms with Gasteiger partial charge in [-0.05, 0) is 91.7 Å². The SMILES string of the molecule is CCc1ccc(N=C2NC(=O)/C(=C/c3cc(C)n(-c4ccc(Oc5ccc([N+](=O)[O-])cn5)cc4)c3C)S2)cc1. The number of ether oxygens (including phenoxy) is 1. The molecule has 39 heavy (non-hydrogen) atoms. The molecule has 1 saturated heterocycles. The normalized spacial score (nSPS) is 15.1. The molecule has 0 radical (unpaired) electrons. The number of nitro groups is 1. The fourth-order valence-corrected chi connectivity index (χ4v) is 5.03. The fraction of sp³-hybridized carbons (Fsp3) is 0.138. The lowest BCUT2D eigenvalue weighted by Crippen LogP contribution is -2.19. The van der Waals surface area contributed by atoms with Crippen molar-refractivity contribution in [1.29, 1.82) is 0 Å². The van der Waals surface area contributed by atoms with Crippen LogP contribution in [0.25, 0.3) is 11.8 Å². The minimum Gasteiger partial charge on any atom is -0.439 e. The van der Waals surface area contributed by atoms with E-state index in [4.69, 9.17) is 4.74 Å². The van der Waals surface area contributed by atoms with Crippen molar-refractivity contribution < 1.29 is 14.5 Å². The van der Waals surface area contributed by atoms with Gasteiger partial charge in [-0.3, -0.25) is 14.9 Å². The van der Waals surface area contributed by atoms with Crippen LogP contribution in [-0.2, 0) is 11.2 Å². The van der Waals surface area contributed by atoms with Crippen molar-refractivity contribution in [2.24, 2.45) is 4.99 Å². The third-order valence-electron chi connectivity index (χ3n) is 6.23. The van der Waals surface area contributed by atoms with E-state index in [-0.39, 0.29) is 17.5 Å². The molecule has 196 valence electrons. The summed E-state index contributed by atoms with van der Waals surface area (Å²) in [4.78, 5) is 32.1. The number of carbonyl (C=O) groups is 1. The van der Waals surface area contributed by atoms with Crippen LogP contribution in [0.15, 0.2) is 82.8 Å². The lowest BCUT2D eigenvalue weighted by Gasteiger charge is -2.11. The molecule has 1 N–H and O–H groups in total. The molecule has 0 atom stereocenters. The molecule has 0 unspecified atom stereocenters. The van der Waals surface area contributed by atoms with Gasteiger partial charge in [0.05, 0.1) is 15.5 Å². The van der Waals surface area contributed by atoms with Gasteiger partial charge in [0.15, 0.2) is 5.17 Å². The number of amides is 1. The summed E-state index contributed by atoms with van der Waals surface area (Å²) in [6.45, 7) is 6.12. The van der Waals surface area contributed by atoms with Gasteiger partial charge in [0.1, 0.15) is 11.9 Å². The van der Waals surface area contributed by atoms with Crippen LogP contribution in [0.4, 0.5) is 11.4 Å². The maximum Gasteiger partial charge on any atom is 0.287 e. The molecule has 2 aromatic heterocycles. The molecule has 0 saturated carbocycles. The van der Waals surface area contributed by atoms with E-state index in [9.17, 15) is 14.9 Å². The lowest BCUT2D eigenvalue weighted by molar-refractivity contribution is -0.385. The van der Waals surface area contributed by atoms with E-state index in [0.717, 1.165) is 40.9 Å². The van der Waals surface area contributed by atoms with Crippen LogP contribution in [0.1, 0.15) is 29.4 Å². The highest BCUT2D eigenvalue weighted by Gasteiger charge is 2.24. The summed E-state index contributed by atoms with van der Waals surface area (Å²) >= 11 is 1.32. The number of hydrogen-bond acceptors (Lipinski definition) is 7. The van der Waals surface area contributed by atoms with Gasteiger partial charge in [0.2, 0.25) is 5.88 Å². The Morgan fingerprint density at radius 2 is 1.85 bits per heavy atom. The van der Waals surface area contributed by atoms with Gasteiger partial charge in [-0.15, -0.1) is 0 Å². The minimum absolute atomic E-state index is 0.0966. The molecule has 0 bridgehead atoms. The number of aliphatic imine (C=N–C) groups is 1. The first-order valence-electron chi connectivity index (χ1n) is 12.3. The number of benzene rings is 2. The third-order valence-corrected chi connectivity index (χ3v) is 7.14. The predicted octanol–water partition coefficient (Wildman–Crippen LogP) is 6.64. The molecule has 1 aliphatic heterocycles. The Morgan fingerprint density at radius 1 is 1.10 bits per heavy atom. The van der Waals surface area contributed by atoms with Gasteiger partial charge >= 0.3 is 0 Å². The third kappa shape index (κ3) is 5.75. The second-order valence-corrected chi connectivity index (χ2v) is 9.90. The van der Waals surface area contributed by atoms with Crippen molar-refractivity contribution in [3.8, 4) is 17.3 Å². The van der Waals surface area contributed by atoms with E-state index in [0.29, 0.717) is 15.8 Å². The van der Waals surface area contributed by atoms with Gasteiger partial charge in [-0.2, -0.15) is 0 Å². The maximum absolute atomic E-state index is 12.7. The maximum atomic E-state index is 12.7. The van der Waals surface area contributed by atoms with Crippen molar-refractivity contribution in [3.63, 3.8) is 0 Å². The quantitative estimate of drug-likeness (QED) is 0.160. The van der Waals surface area contributed by atoms with Gasteiger partial charge in [0.25, 0.3) is 11.6 Å². The molecule has 1 aliphatic rings. The van der Waals surface area contributed by atoms with E-state index in [1.54, 1.807) is 0 Å². The van der Waals surface area contributed by atoms with Crippen molar-refractivity contribution in [2.45, 2.75) is 27.2 Å². The predicted molar refractivity (Wildman–Crippen MR) is 153 cm³/mol. The number of nitrogens with zero attached hydrogens (tertiary/aromatic N) is 4. The Balaban J connectivity index is 1.32. The zero-order valence-corrected chi connectivity index (χ0v) is 22.4. The highest BCUT2D eigenvalue weighted by Crippen LogP contribution is 2.31. The standard InChI is InChI=1S/C29H25N5O4S/c1-4-20-5-7-22(8-6-20)31-29-32-28(35)26(39-29)16-21-15-18(2)33(19(21)3)23-9-12-25(13-10-23)38-27-14-11-24(17-30-27)34(36)37/h5-17H,4H2,1-3H3,(H,31,32,35)/b26-16-. The number of rotatable bonds is 7. The Kier molecular flexibility index (Phi) is 7.29.